The van der Waals surface area contributed by atoms with Gasteiger partial charge in [-0.25, -0.2) is 4.39 Å². The minimum absolute atomic E-state index is 0.116. The Bertz CT molecular complexity index is 867. The minimum Gasteiger partial charge on any atom is -0.464 e. The highest BCUT2D eigenvalue weighted by Gasteiger charge is 2.11. The Morgan fingerprint density at radius 1 is 1.17 bits per heavy atom. The van der Waals surface area contributed by atoms with E-state index in [0.717, 1.165) is 27.7 Å². The number of amides is 1. The van der Waals surface area contributed by atoms with Gasteiger partial charge in [0.25, 0.3) is 0 Å². The van der Waals surface area contributed by atoms with Crippen LogP contribution in [-0.4, -0.2) is 5.91 Å². The number of aryl methyl sites for hydroxylation is 2. The number of furan rings is 1. The van der Waals surface area contributed by atoms with Crippen molar-refractivity contribution in [1.29, 1.82) is 0 Å². The van der Waals surface area contributed by atoms with Gasteiger partial charge in [0.15, 0.2) is 0 Å². The summed E-state index contributed by atoms with van der Waals surface area (Å²) in [5, 5.41) is 3.77. The third kappa shape index (κ3) is 3.42. The average molecular weight is 311 g/mol. The molecule has 3 rings (SSSR count). The lowest BCUT2D eigenvalue weighted by Crippen LogP contribution is -2.24. The van der Waals surface area contributed by atoms with Crippen molar-refractivity contribution in [2.75, 3.05) is 0 Å². The average Bonchev–Trinajstić information content (AvgIpc) is 2.88. The van der Waals surface area contributed by atoms with Crippen LogP contribution in [0, 0.1) is 19.7 Å². The Kier molecular flexibility index (Phi) is 4.15. The molecule has 0 bridgehead atoms. The first kappa shape index (κ1) is 15.3. The van der Waals surface area contributed by atoms with Crippen LogP contribution in [0.2, 0.25) is 0 Å². The molecule has 0 fully saturated rings. The molecular formula is C19H18FNO2. The number of hydrogen-bond donors (Lipinski definition) is 1. The van der Waals surface area contributed by atoms with Gasteiger partial charge in [0, 0.05) is 17.5 Å². The quantitative estimate of drug-likeness (QED) is 0.790. The molecule has 0 atom stereocenters. The molecule has 0 unspecified atom stereocenters. The Hall–Kier alpha value is -2.62. The van der Waals surface area contributed by atoms with E-state index in [2.05, 4.69) is 5.32 Å². The number of benzene rings is 2. The standard InChI is InChI=1S/C19H18FNO2/c1-12-6-17-15(11-23-18(17)7-13(12)2)9-19(22)21-10-14-4-3-5-16(20)8-14/h3-8,11H,9-10H2,1-2H3,(H,21,22). The Morgan fingerprint density at radius 2 is 1.96 bits per heavy atom. The van der Waals surface area contributed by atoms with E-state index in [1.165, 1.54) is 17.7 Å². The smallest absolute Gasteiger partial charge is 0.224 e. The summed E-state index contributed by atoms with van der Waals surface area (Å²) in [7, 11) is 0. The molecular weight excluding hydrogens is 293 g/mol. The normalized spacial score (nSPS) is 10.9. The SMILES string of the molecule is Cc1cc2occ(CC(=O)NCc3cccc(F)c3)c2cc1C. The number of carbonyl (C=O) groups is 1. The second-order valence-corrected chi connectivity index (χ2v) is 5.78. The number of halogens is 1. The van der Waals surface area contributed by atoms with Gasteiger partial charge >= 0.3 is 0 Å². The molecule has 1 amide bonds. The summed E-state index contributed by atoms with van der Waals surface area (Å²) in [5.41, 5.74) is 4.72. The van der Waals surface area contributed by atoms with Crippen LogP contribution in [0.3, 0.4) is 0 Å². The topological polar surface area (TPSA) is 42.2 Å². The van der Waals surface area contributed by atoms with Crippen LogP contribution in [-0.2, 0) is 17.8 Å². The molecule has 0 aliphatic heterocycles. The van der Waals surface area contributed by atoms with Crippen LogP contribution in [0.25, 0.3) is 11.0 Å². The van der Waals surface area contributed by atoms with Crippen molar-refractivity contribution in [2.24, 2.45) is 0 Å². The second-order valence-electron chi connectivity index (χ2n) is 5.78. The molecule has 0 spiro atoms. The third-order valence-electron chi connectivity index (χ3n) is 4.00. The molecule has 1 aromatic heterocycles. The molecule has 0 saturated carbocycles. The molecule has 0 aliphatic carbocycles. The molecule has 3 aromatic rings. The number of nitrogens with one attached hydrogen (secondary N) is 1. The van der Waals surface area contributed by atoms with Crippen molar-refractivity contribution >= 4 is 16.9 Å². The summed E-state index contributed by atoms with van der Waals surface area (Å²) in [4.78, 5) is 12.1. The van der Waals surface area contributed by atoms with Crippen molar-refractivity contribution in [3.05, 3.63) is 70.7 Å². The lowest BCUT2D eigenvalue weighted by Gasteiger charge is -2.05. The fourth-order valence-electron chi connectivity index (χ4n) is 2.56. The fraction of sp³-hybridized carbons (Fsp3) is 0.211. The molecule has 0 radical (unpaired) electrons. The predicted octanol–water partition coefficient (Wildman–Crippen LogP) is 4.05. The van der Waals surface area contributed by atoms with Gasteiger partial charge in [-0.15, -0.1) is 0 Å². The number of carbonyl (C=O) groups excluding carboxylic acids is 1. The van der Waals surface area contributed by atoms with Gasteiger partial charge in [0.1, 0.15) is 11.4 Å². The molecule has 0 aliphatic rings. The van der Waals surface area contributed by atoms with Gasteiger partial charge in [-0.05, 0) is 54.8 Å². The van der Waals surface area contributed by atoms with Gasteiger partial charge in [-0.2, -0.15) is 0 Å². The van der Waals surface area contributed by atoms with E-state index < -0.39 is 0 Å². The first-order chi connectivity index (χ1) is 11.0. The summed E-state index contributed by atoms with van der Waals surface area (Å²) < 4.78 is 18.7. The Labute approximate surface area is 134 Å². The maximum Gasteiger partial charge on any atom is 0.224 e. The van der Waals surface area contributed by atoms with Crippen LogP contribution < -0.4 is 5.32 Å². The molecule has 118 valence electrons. The predicted molar refractivity (Wildman–Crippen MR) is 87.6 cm³/mol. The molecule has 0 saturated heterocycles. The zero-order valence-electron chi connectivity index (χ0n) is 13.2. The van der Waals surface area contributed by atoms with E-state index in [-0.39, 0.29) is 18.1 Å². The van der Waals surface area contributed by atoms with Gasteiger partial charge in [0.05, 0.1) is 12.7 Å². The van der Waals surface area contributed by atoms with Crippen molar-refractivity contribution < 1.29 is 13.6 Å². The van der Waals surface area contributed by atoms with Crippen molar-refractivity contribution in [3.63, 3.8) is 0 Å². The molecule has 1 N–H and O–H groups in total. The summed E-state index contributed by atoms with van der Waals surface area (Å²) in [6.07, 6.45) is 1.87. The monoisotopic (exact) mass is 311 g/mol. The zero-order valence-corrected chi connectivity index (χ0v) is 13.2. The summed E-state index contributed by atoms with van der Waals surface area (Å²) in [6.45, 7) is 4.38. The van der Waals surface area contributed by atoms with Crippen LogP contribution >= 0.6 is 0 Å². The number of rotatable bonds is 4. The van der Waals surface area contributed by atoms with Crippen molar-refractivity contribution in [2.45, 2.75) is 26.8 Å². The van der Waals surface area contributed by atoms with Crippen LogP contribution in [0.1, 0.15) is 22.3 Å². The molecule has 2 aromatic carbocycles. The van der Waals surface area contributed by atoms with E-state index >= 15 is 0 Å². The first-order valence-electron chi connectivity index (χ1n) is 7.51. The van der Waals surface area contributed by atoms with Crippen LogP contribution in [0.15, 0.2) is 47.1 Å². The third-order valence-corrected chi connectivity index (χ3v) is 4.00. The molecule has 1 heterocycles. The minimum atomic E-state index is -0.302. The van der Waals surface area contributed by atoms with E-state index in [4.69, 9.17) is 4.42 Å². The zero-order chi connectivity index (χ0) is 16.4. The van der Waals surface area contributed by atoms with Crippen molar-refractivity contribution in [3.8, 4) is 0 Å². The molecule has 3 nitrogen and oxygen atoms in total. The number of fused-ring (bicyclic) bond motifs is 1. The first-order valence-corrected chi connectivity index (χ1v) is 7.51. The highest BCUT2D eigenvalue weighted by Crippen LogP contribution is 2.25. The summed E-state index contributed by atoms with van der Waals surface area (Å²) >= 11 is 0. The van der Waals surface area contributed by atoms with E-state index in [0.29, 0.717) is 6.54 Å². The fourth-order valence-corrected chi connectivity index (χ4v) is 2.56. The van der Waals surface area contributed by atoms with Gasteiger partial charge in [-0.1, -0.05) is 12.1 Å². The maximum absolute atomic E-state index is 13.1. The van der Waals surface area contributed by atoms with E-state index in [1.807, 2.05) is 26.0 Å². The molecule has 23 heavy (non-hydrogen) atoms. The van der Waals surface area contributed by atoms with Gasteiger partial charge < -0.3 is 9.73 Å². The molecule has 4 heteroatoms. The van der Waals surface area contributed by atoms with Crippen LogP contribution in [0.5, 0.6) is 0 Å². The lowest BCUT2D eigenvalue weighted by atomic mass is 10.0. The Morgan fingerprint density at radius 3 is 2.74 bits per heavy atom. The summed E-state index contributed by atoms with van der Waals surface area (Å²) in [6, 6.07) is 10.2. The highest BCUT2D eigenvalue weighted by atomic mass is 19.1. The van der Waals surface area contributed by atoms with Crippen LogP contribution in [0.4, 0.5) is 4.39 Å². The second kappa shape index (κ2) is 6.24. The maximum atomic E-state index is 13.1. The van der Waals surface area contributed by atoms with E-state index in [9.17, 15) is 9.18 Å². The summed E-state index contributed by atoms with van der Waals surface area (Å²) in [5.74, 6) is -0.418. The Balaban J connectivity index is 1.69. The van der Waals surface area contributed by atoms with Crippen molar-refractivity contribution in [1.82, 2.24) is 5.32 Å². The number of hydrogen-bond acceptors (Lipinski definition) is 2. The van der Waals surface area contributed by atoms with E-state index in [1.54, 1.807) is 18.4 Å². The van der Waals surface area contributed by atoms with Gasteiger partial charge in [-0.3, -0.25) is 4.79 Å². The lowest BCUT2D eigenvalue weighted by molar-refractivity contribution is -0.120. The highest BCUT2D eigenvalue weighted by molar-refractivity contribution is 5.88. The largest absolute Gasteiger partial charge is 0.464 e. The van der Waals surface area contributed by atoms with Gasteiger partial charge in [0.2, 0.25) is 5.91 Å².